The normalized spacial score (nSPS) is 10.9. The van der Waals surface area contributed by atoms with Crippen LogP contribution >= 0.6 is 35.0 Å². The molecule has 2 aromatic carbocycles. The van der Waals surface area contributed by atoms with Gasteiger partial charge in [-0.25, -0.2) is 15.4 Å². The van der Waals surface area contributed by atoms with E-state index in [2.05, 4.69) is 20.5 Å². The molecule has 0 aliphatic rings. The van der Waals surface area contributed by atoms with E-state index in [-0.39, 0.29) is 17.3 Å². The maximum atomic E-state index is 11.9. The average molecular weight is 506 g/mol. The zero-order valence-corrected chi connectivity index (χ0v) is 19.7. The molecule has 0 fully saturated rings. The monoisotopic (exact) mass is 505 g/mol. The van der Waals surface area contributed by atoms with Crippen molar-refractivity contribution in [1.82, 2.24) is 15.4 Å². The molecule has 1 N–H and O–H groups in total. The van der Waals surface area contributed by atoms with Gasteiger partial charge in [0.2, 0.25) is 0 Å². The topological polar surface area (TPSA) is 120 Å². The van der Waals surface area contributed by atoms with Crippen LogP contribution in [0.25, 0.3) is 0 Å². The predicted octanol–water partition coefficient (Wildman–Crippen LogP) is 4.99. The van der Waals surface area contributed by atoms with Crippen LogP contribution in [-0.4, -0.2) is 33.6 Å². The molecule has 0 bridgehead atoms. The second kappa shape index (κ2) is 11.1. The molecule has 9 nitrogen and oxygen atoms in total. The van der Waals surface area contributed by atoms with Crippen LogP contribution in [0.1, 0.15) is 17.0 Å². The lowest BCUT2D eigenvalue weighted by molar-refractivity contribution is -0.387. The highest BCUT2D eigenvalue weighted by Gasteiger charge is 2.17. The minimum atomic E-state index is -0.536. The summed E-state index contributed by atoms with van der Waals surface area (Å²) >= 11 is 12.9. The Morgan fingerprint density at radius 2 is 1.91 bits per heavy atom. The first-order valence-electron chi connectivity index (χ1n) is 9.39. The van der Waals surface area contributed by atoms with Crippen molar-refractivity contribution in [3.63, 3.8) is 0 Å². The number of aryl methyl sites for hydroxylation is 2. The molecule has 170 valence electrons. The van der Waals surface area contributed by atoms with E-state index in [1.807, 2.05) is 19.9 Å². The zero-order valence-electron chi connectivity index (χ0n) is 17.4. The number of nitrogens with one attached hydrogen (secondary N) is 1. The minimum Gasteiger partial charge on any atom is -0.482 e. The third kappa shape index (κ3) is 7.14. The molecule has 3 aromatic rings. The molecule has 0 saturated carbocycles. The fourth-order valence-corrected chi connectivity index (χ4v) is 4.04. The summed E-state index contributed by atoms with van der Waals surface area (Å²) in [4.78, 5) is 32.0. The molecular formula is C21H17Cl2N5O4S. The molecule has 0 radical (unpaired) electrons. The Balaban J connectivity index is 1.63. The van der Waals surface area contributed by atoms with Gasteiger partial charge in [0.15, 0.2) is 11.8 Å². The molecular weight excluding hydrogens is 489 g/mol. The molecule has 12 heteroatoms. The largest absolute Gasteiger partial charge is 0.482 e. The molecule has 1 heterocycles. The van der Waals surface area contributed by atoms with E-state index in [1.54, 1.807) is 24.3 Å². The van der Waals surface area contributed by atoms with Crippen LogP contribution in [-0.2, 0) is 4.79 Å². The van der Waals surface area contributed by atoms with Crippen LogP contribution in [0, 0.1) is 24.0 Å². The first-order valence-corrected chi connectivity index (χ1v) is 11.0. The number of hydrogen-bond acceptors (Lipinski definition) is 8. The smallest absolute Gasteiger partial charge is 0.283 e. The van der Waals surface area contributed by atoms with Crippen molar-refractivity contribution in [3.05, 3.63) is 79.6 Å². The number of rotatable bonds is 8. The molecule has 0 unspecified atom stereocenters. The SMILES string of the molecule is Cc1cc(C)nc(Sc2ccc(/C=N/NC(=O)COc3ccc(Cl)cc3Cl)cc2[N+](=O)[O-])n1. The van der Waals surface area contributed by atoms with E-state index < -0.39 is 10.8 Å². The number of halogens is 2. The van der Waals surface area contributed by atoms with Crippen molar-refractivity contribution in [3.8, 4) is 5.75 Å². The number of aromatic nitrogens is 2. The van der Waals surface area contributed by atoms with Crippen molar-refractivity contribution in [2.24, 2.45) is 5.10 Å². The van der Waals surface area contributed by atoms with Crippen molar-refractivity contribution >= 4 is 52.8 Å². The third-order valence-corrected chi connectivity index (χ3v) is 5.46. The number of hydrogen-bond donors (Lipinski definition) is 1. The fourth-order valence-electron chi connectivity index (χ4n) is 2.63. The first-order chi connectivity index (χ1) is 15.7. The third-order valence-electron chi connectivity index (χ3n) is 4.00. The molecule has 0 spiro atoms. The lowest BCUT2D eigenvalue weighted by Crippen LogP contribution is -2.24. The number of hydrazone groups is 1. The number of carbonyl (C=O) groups excluding carboxylic acids is 1. The Morgan fingerprint density at radius 1 is 1.18 bits per heavy atom. The van der Waals surface area contributed by atoms with E-state index in [0.717, 1.165) is 23.1 Å². The standard InChI is InChI=1S/C21H17Cl2N5O4S/c1-12-7-13(2)26-21(25-12)33-19-6-3-14(8-17(19)28(30)31)10-24-27-20(29)11-32-18-5-4-15(22)9-16(18)23/h3-10H,11H2,1-2H3,(H,27,29)/b24-10+. The Morgan fingerprint density at radius 3 is 2.58 bits per heavy atom. The highest BCUT2D eigenvalue weighted by Crippen LogP contribution is 2.33. The van der Waals surface area contributed by atoms with Gasteiger partial charge in [0.25, 0.3) is 11.6 Å². The summed E-state index contributed by atoms with van der Waals surface area (Å²) < 4.78 is 5.32. The molecule has 0 aliphatic heterocycles. The van der Waals surface area contributed by atoms with Crippen LogP contribution < -0.4 is 10.2 Å². The summed E-state index contributed by atoms with van der Waals surface area (Å²) in [5, 5.41) is 16.5. The number of ether oxygens (including phenoxy) is 1. The Bertz CT molecular complexity index is 1220. The van der Waals surface area contributed by atoms with Crippen molar-refractivity contribution in [1.29, 1.82) is 0 Å². The van der Waals surface area contributed by atoms with Gasteiger partial charge < -0.3 is 4.74 Å². The fraction of sp³-hybridized carbons (Fsp3) is 0.143. The number of carbonyl (C=O) groups is 1. The minimum absolute atomic E-state index is 0.126. The van der Waals surface area contributed by atoms with Crippen LogP contribution in [0.5, 0.6) is 5.75 Å². The number of nitro benzene ring substituents is 1. The molecule has 0 atom stereocenters. The van der Waals surface area contributed by atoms with Gasteiger partial charge in [-0.3, -0.25) is 14.9 Å². The summed E-state index contributed by atoms with van der Waals surface area (Å²) in [6.45, 7) is 3.33. The lowest BCUT2D eigenvalue weighted by Gasteiger charge is -2.07. The second-order valence-corrected chi connectivity index (χ2v) is 8.53. The Labute approximate surface area is 203 Å². The number of nitro groups is 1. The van der Waals surface area contributed by atoms with Crippen molar-refractivity contribution < 1.29 is 14.5 Å². The Kier molecular flexibility index (Phi) is 8.21. The molecule has 33 heavy (non-hydrogen) atoms. The van der Waals surface area contributed by atoms with Crippen molar-refractivity contribution in [2.45, 2.75) is 23.9 Å². The van der Waals surface area contributed by atoms with Gasteiger partial charge in [-0.15, -0.1) is 0 Å². The molecule has 0 aliphatic carbocycles. The van der Waals surface area contributed by atoms with Gasteiger partial charge in [0.05, 0.1) is 21.1 Å². The summed E-state index contributed by atoms with van der Waals surface area (Å²) in [6, 6.07) is 11.0. The molecule has 1 aromatic heterocycles. The van der Waals surface area contributed by atoms with E-state index in [9.17, 15) is 14.9 Å². The van der Waals surface area contributed by atoms with Crippen LogP contribution in [0.2, 0.25) is 10.0 Å². The van der Waals surface area contributed by atoms with Gasteiger partial charge in [-0.1, -0.05) is 29.3 Å². The number of benzene rings is 2. The van der Waals surface area contributed by atoms with Crippen LogP contribution in [0.3, 0.4) is 0 Å². The molecule has 1 amide bonds. The average Bonchev–Trinajstić information content (AvgIpc) is 2.73. The highest BCUT2D eigenvalue weighted by molar-refractivity contribution is 7.99. The van der Waals surface area contributed by atoms with E-state index in [1.165, 1.54) is 18.3 Å². The number of nitrogens with zero attached hydrogens (tertiary/aromatic N) is 4. The maximum absolute atomic E-state index is 11.9. The van der Waals surface area contributed by atoms with Gasteiger partial charge in [0.1, 0.15) is 5.75 Å². The summed E-state index contributed by atoms with van der Waals surface area (Å²) in [6.07, 6.45) is 1.29. The zero-order chi connectivity index (χ0) is 24.0. The quantitative estimate of drug-likeness (QED) is 0.198. The first kappa shape index (κ1) is 24.4. The number of amides is 1. The molecule has 0 saturated heterocycles. The van der Waals surface area contributed by atoms with Gasteiger partial charge in [-0.05, 0) is 55.9 Å². The highest BCUT2D eigenvalue weighted by atomic mass is 35.5. The second-order valence-electron chi connectivity index (χ2n) is 6.68. The molecule has 3 rings (SSSR count). The van der Waals surface area contributed by atoms with E-state index >= 15 is 0 Å². The van der Waals surface area contributed by atoms with Crippen LogP contribution in [0.15, 0.2) is 57.6 Å². The van der Waals surface area contributed by atoms with E-state index in [4.69, 9.17) is 27.9 Å². The predicted molar refractivity (Wildman–Crippen MR) is 126 cm³/mol. The van der Waals surface area contributed by atoms with Gasteiger partial charge >= 0.3 is 0 Å². The summed E-state index contributed by atoms with van der Waals surface area (Å²) in [5.41, 5.74) is 4.13. The van der Waals surface area contributed by atoms with Crippen LogP contribution in [0.4, 0.5) is 5.69 Å². The van der Waals surface area contributed by atoms with Gasteiger partial charge in [0, 0.05) is 28.0 Å². The lowest BCUT2D eigenvalue weighted by atomic mass is 10.2. The van der Waals surface area contributed by atoms with Crippen molar-refractivity contribution in [2.75, 3.05) is 6.61 Å². The summed E-state index contributed by atoms with van der Waals surface area (Å²) in [7, 11) is 0. The Hall–Kier alpha value is -3.21. The summed E-state index contributed by atoms with van der Waals surface area (Å²) in [5.74, 6) is -0.234. The van der Waals surface area contributed by atoms with Gasteiger partial charge in [-0.2, -0.15) is 5.10 Å². The maximum Gasteiger partial charge on any atom is 0.283 e. The van der Waals surface area contributed by atoms with E-state index in [0.29, 0.717) is 26.4 Å².